The lowest BCUT2D eigenvalue weighted by atomic mass is 9.67. The Kier molecular flexibility index (Phi) is 4.34. The van der Waals surface area contributed by atoms with Gasteiger partial charge in [-0.3, -0.25) is 0 Å². The van der Waals surface area contributed by atoms with Crippen molar-refractivity contribution in [3.8, 4) is 0 Å². The number of benzene rings is 3. The summed E-state index contributed by atoms with van der Waals surface area (Å²) < 4.78 is 29.1. The van der Waals surface area contributed by atoms with Crippen LogP contribution in [-0.2, 0) is 15.4 Å². The molecule has 1 saturated heterocycles. The highest BCUT2D eigenvalue weighted by atomic mass is 32.2. The molecule has 2 aliphatic rings. The van der Waals surface area contributed by atoms with Gasteiger partial charge in [-0.25, -0.2) is 8.42 Å². The molecule has 30 heavy (non-hydrogen) atoms. The average Bonchev–Trinajstić information content (AvgIpc) is 3.27. The van der Waals surface area contributed by atoms with Crippen LogP contribution >= 0.6 is 0 Å². The molecule has 3 aromatic rings. The van der Waals surface area contributed by atoms with Gasteiger partial charge in [-0.05, 0) is 36.2 Å². The fraction of sp³-hybridized carbons (Fsp3) is 0.200. The van der Waals surface area contributed by atoms with Crippen LogP contribution in [0.3, 0.4) is 0 Å². The van der Waals surface area contributed by atoms with Crippen molar-refractivity contribution in [2.75, 3.05) is 11.9 Å². The molecule has 1 fully saturated rings. The molecule has 0 bridgehead atoms. The second-order valence-electron chi connectivity index (χ2n) is 8.06. The van der Waals surface area contributed by atoms with Gasteiger partial charge in [0, 0.05) is 18.2 Å². The van der Waals surface area contributed by atoms with Crippen molar-refractivity contribution >= 4 is 15.7 Å². The maximum atomic E-state index is 13.7. The number of sulfonamides is 1. The number of rotatable bonds is 4. The maximum absolute atomic E-state index is 13.7. The van der Waals surface area contributed by atoms with E-state index < -0.39 is 21.6 Å². The molecule has 0 amide bonds. The highest BCUT2D eigenvalue weighted by Gasteiger charge is 2.62. The SMILES string of the molecule is C=CC1CN(S(=O)(=O)c2ccc(C)cc2)C2Nc3ccccc3C12c1ccccc1. The number of para-hydroxylation sites is 1. The number of aryl methyl sites for hydroxylation is 1. The van der Waals surface area contributed by atoms with Gasteiger partial charge in [0.25, 0.3) is 0 Å². The predicted octanol–water partition coefficient (Wildman–Crippen LogP) is 4.54. The predicted molar refractivity (Wildman–Crippen MR) is 120 cm³/mol. The van der Waals surface area contributed by atoms with Crippen LogP contribution < -0.4 is 5.32 Å². The molecule has 0 saturated carbocycles. The summed E-state index contributed by atoms with van der Waals surface area (Å²) in [5.74, 6) is -0.0683. The largest absolute Gasteiger partial charge is 0.367 e. The topological polar surface area (TPSA) is 49.4 Å². The van der Waals surface area contributed by atoms with Gasteiger partial charge < -0.3 is 5.32 Å². The molecule has 1 N–H and O–H groups in total. The summed E-state index contributed by atoms with van der Waals surface area (Å²) in [6.07, 6.45) is 1.49. The quantitative estimate of drug-likeness (QED) is 0.636. The number of hydrogen-bond acceptors (Lipinski definition) is 3. The van der Waals surface area contributed by atoms with Crippen LogP contribution in [0.4, 0.5) is 5.69 Å². The van der Waals surface area contributed by atoms with E-state index in [2.05, 4.69) is 30.1 Å². The van der Waals surface area contributed by atoms with Gasteiger partial charge in [0.2, 0.25) is 10.0 Å². The summed E-state index contributed by atoms with van der Waals surface area (Å²) in [4.78, 5) is 0.317. The van der Waals surface area contributed by atoms with E-state index in [1.807, 2.05) is 61.5 Å². The van der Waals surface area contributed by atoms with E-state index in [9.17, 15) is 8.42 Å². The molecule has 5 heteroatoms. The molecule has 2 aliphatic heterocycles. The Morgan fingerprint density at radius 3 is 2.37 bits per heavy atom. The lowest BCUT2D eigenvalue weighted by Gasteiger charge is -2.35. The smallest absolute Gasteiger partial charge is 0.244 e. The Morgan fingerprint density at radius 2 is 1.67 bits per heavy atom. The van der Waals surface area contributed by atoms with Crippen molar-refractivity contribution in [3.05, 3.63) is 108 Å². The van der Waals surface area contributed by atoms with Crippen LogP contribution in [0, 0.1) is 12.8 Å². The van der Waals surface area contributed by atoms with E-state index >= 15 is 0 Å². The number of anilines is 1. The number of fused-ring (bicyclic) bond motifs is 3. The van der Waals surface area contributed by atoms with Gasteiger partial charge in [0.15, 0.2) is 0 Å². The zero-order chi connectivity index (χ0) is 20.9. The summed E-state index contributed by atoms with van der Waals surface area (Å²) in [6, 6.07) is 25.4. The molecule has 2 heterocycles. The molecule has 0 aliphatic carbocycles. The van der Waals surface area contributed by atoms with Crippen LogP contribution in [0.1, 0.15) is 16.7 Å². The zero-order valence-corrected chi connectivity index (χ0v) is 17.6. The third-order valence-electron chi connectivity index (χ3n) is 6.51. The van der Waals surface area contributed by atoms with Crippen molar-refractivity contribution in [1.29, 1.82) is 0 Å². The molecule has 152 valence electrons. The molecule has 0 radical (unpaired) electrons. The van der Waals surface area contributed by atoms with E-state index in [1.54, 1.807) is 16.4 Å². The Balaban J connectivity index is 1.73. The Labute approximate surface area is 177 Å². The molecule has 4 nitrogen and oxygen atoms in total. The van der Waals surface area contributed by atoms with Crippen molar-refractivity contribution in [2.45, 2.75) is 23.4 Å². The fourth-order valence-electron chi connectivity index (χ4n) is 5.11. The highest BCUT2D eigenvalue weighted by Crippen LogP contribution is 2.56. The minimum atomic E-state index is -3.69. The first-order valence-corrected chi connectivity index (χ1v) is 11.6. The number of hydrogen-bond donors (Lipinski definition) is 1. The lowest BCUT2D eigenvalue weighted by Crippen LogP contribution is -2.47. The van der Waals surface area contributed by atoms with Crippen molar-refractivity contribution in [3.63, 3.8) is 0 Å². The van der Waals surface area contributed by atoms with E-state index in [0.29, 0.717) is 11.4 Å². The van der Waals surface area contributed by atoms with Crippen molar-refractivity contribution < 1.29 is 8.42 Å². The maximum Gasteiger partial charge on any atom is 0.244 e. The first kappa shape index (κ1) is 19.1. The van der Waals surface area contributed by atoms with E-state index in [-0.39, 0.29) is 5.92 Å². The number of nitrogens with zero attached hydrogens (tertiary/aromatic N) is 1. The van der Waals surface area contributed by atoms with E-state index in [4.69, 9.17) is 0 Å². The van der Waals surface area contributed by atoms with Crippen LogP contribution in [0.15, 0.2) is 96.4 Å². The molecular formula is C25H24N2O2S. The second kappa shape index (κ2) is 6.83. The van der Waals surface area contributed by atoms with Crippen LogP contribution in [0.25, 0.3) is 0 Å². The van der Waals surface area contributed by atoms with Gasteiger partial charge in [-0.2, -0.15) is 4.31 Å². The molecule has 5 rings (SSSR count). The second-order valence-corrected chi connectivity index (χ2v) is 9.95. The minimum absolute atomic E-state index is 0.0683. The molecule has 0 aromatic heterocycles. The van der Waals surface area contributed by atoms with Gasteiger partial charge in [0.05, 0.1) is 10.3 Å². The van der Waals surface area contributed by atoms with E-state index in [1.165, 1.54) is 0 Å². The van der Waals surface area contributed by atoms with Gasteiger partial charge in [0.1, 0.15) is 6.17 Å². The lowest BCUT2D eigenvalue weighted by molar-refractivity contribution is 0.370. The normalized spacial score (nSPS) is 25.4. The summed E-state index contributed by atoms with van der Waals surface area (Å²) in [6.45, 7) is 6.43. The Hall–Kier alpha value is -2.89. The summed E-state index contributed by atoms with van der Waals surface area (Å²) in [5, 5.41) is 3.54. The van der Waals surface area contributed by atoms with Gasteiger partial charge in [-0.15, -0.1) is 6.58 Å². The minimum Gasteiger partial charge on any atom is -0.367 e. The monoisotopic (exact) mass is 416 g/mol. The average molecular weight is 417 g/mol. The van der Waals surface area contributed by atoms with Crippen LogP contribution in [0.5, 0.6) is 0 Å². The summed E-state index contributed by atoms with van der Waals surface area (Å²) in [7, 11) is -3.69. The van der Waals surface area contributed by atoms with Crippen molar-refractivity contribution in [2.24, 2.45) is 5.92 Å². The van der Waals surface area contributed by atoms with Crippen LogP contribution in [0.2, 0.25) is 0 Å². The molecule has 0 spiro atoms. The first-order chi connectivity index (χ1) is 14.5. The first-order valence-electron chi connectivity index (χ1n) is 10.1. The van der Waals surface area contributed by atoms with Gasteiger partial charge >= 0.3 is 0 Å². The third-order valence-corrected chi connectivity index (χ3v) is 8.35. The fourth-order valence-corrected chi connectivity index (χ4v) is 6.71. The van der Waals surface area contributed by atoms with E-state index in [0.717, 1.165) is 22.4 Å². The van der Waals surface area contributed by atoms with Gasteiger partial charge in [-0.1, -0.05) is 72.3 Å². The number of nitrogens with one attached hydrogen (secondary N) is 1. The third kappa shape index (κ3) is 2.52. The summed E-state index contributed by atoms with van der Waals surface area (Å²) in [5.41, 5.74) is 3.69. The molecule has 3 aromatic carbocycles. The standard InChI is InChI=1S/C25H24N2O2S/c1-3-19-17-27(30(28,29)21-15-13-18(2)14-16-21)24-25(19,20-9-5-4-6-10-20)22-11-7-8-12-23(22)26-24/h3-16,19,24,26H,1,17H2,2H3. The summed E-state index contributed by atoms with van der Waals surface area (Å²) >= 11 is 0. The molecule has 3 atom stereocenters. The van der Waals surface area contributed by atoms with Crippen molar-refractivity contribution in [1.82, 2.24) is 4.31 Å². The highest BCUT2D eigenvalue weighted by molar-refractivity contribution is 7.89. The van der Waals surface area contributed by atoms with Crippen LogP contribution in [-0.4, -0.2) is 25.4 Å². The zero-order valence-electron chi connectivity index (χ0n) is 16.8. The Bertz CT molecular complexity index is 1210. The Morgan fingerprint density at radius 1 is 1.00 bits per heavy atom. The molecule has 3 unspecified atom stereocenters. The molecular weight excluding hydrogens is 392 g/mol.